The molecule has 1 fully saturated rings. The molecular weight excluding hydrogens is 188 g/mol. The average molecular weight is 212 g/mol. The second-order valence-corrected chi connectivity index (χ2v) is 4.89. The summed E-state index contributed by atoms with van der Waals surface area (Å²) < 4.78 is 0. The van der Waals surface area contributed by atoms with Crippen LogP contribution in [0, 0.1) is 11.8 Å². The van der Waals surface area contributed by atoms with E-state index >= 15 is 0 Å². The van der Waals surface area contributed by atoms with E-state index in [-0.39, 0.29) is 6.03 Å². The Kier molecular flexibility index (Phi) is 4.43. The fourth-order valence-corrected chi connectivity index (χ4v) is 2.28. The van der Waals surface area contributed by atoms with Crippen LogP contribution in [-0.4, -0.2) is 43.0 Å². The number of amides is 2. The third kappa shape index (κ3) is 3.11. The molecule has 1 aliphatic rings. The summed E-state index contributed by atoms with van der Waals surface area (Å²) in [6.07, 6.45) is 3.61. The highest BCUT2D eigenvalue weighted by molar-refractivity contribution is 5.73. The van der Waals surface area contributed by atoms with Crippen molar-refractivity contribution in [3.8, 4) is 0 Å². The highest BCUT2D eigenvalue weighted by atomic mass is 16.2. The number of urea groups is 1. The predicted octanol–water partition coefficient (Wildman–Crippen LogP) is 2.43. The minimum Gasteiger partial charge on any atom is -0.331 e. The molecule has 1 atom stereocenters. The molecule has 15 heavy (non-hydrogen) atoms. The summed E-state index contributed by atoms with van der Waals surface area (Å²) in [6, 6.07) is 0.164. The van der Waals surface area contributed by atoms with Crippen molar-refractivity contribution in [3.63, 3.8) is 0 Å². The molecule has 88 valence electrons. The number of hydrogen-bond acceptors (Lipinski definition) is 1. The van der Waals surface area contributed by atoms with Gasteiger partial charge in [-0.15, -0.1) is 0 Å². The molecule has 1 aliphatic heterocycles. The Bertz CT molecular complexity index is 208. The summed E-state index contributed by atoms with van der Waals surface area (Å²) >= 11 is 0. The molecule has 3 nitrogen and oxygen atoms in total. The molecule has 3 heteroatoms. The van der Waals surface area contributed by atoms with Crippen molar-refractivity contribution in [1.29, 1.82) is 0 Å². The van der Waals surface area contributed by atoms with Crippen LogP contribution in [-0.2, 0) is 0 Å². The Hall–Kier alpha value is -0.730. The molecule has 1 unspecified atom stereocenters. The van der Waals surface area contributed by atoms with E-state index in [1.165, 1.54) is 19.3 Å². The lowest BCUT2D eigenvalue weighted by Gasteiger charge is -2.35. The highest BCUT2D eigenvalue weighted by Crippen LogP contribution is 2.26. The maximum Gasteiger partial charge on any atom is 0.319 e. The fraction of sp³-hybridized carbons (Fsp3) is 0.917. The molecule has 0 N–H and O–H groups in total. The molecule has 0 aromatic heterocycles. The van der Waals surface area contributed by atoms with Gasteiger partial charge in [0.1, 0.15) is 0 Å². The zero-order chi connectivity index (χ0) is 11.4. The predicted molar refractivity (Wildman–Crippen MR) is 62.8 cm³/mol. The van der Waals surface area contributed by atoms with Gasteiger partial charge in [0.25, 0.3) is 0 Å². The normalized spacial score (nSPS) is 20.1. The van der Waals surface area contributed by atoms with Crippen LogP contribution in [0.5, 0.6) is 0 Å². The van der Waals surface area contributed by atoms with Crippen molar-refractivity contribution in [3.05, 3.63) is 0 Å². The van der Waals surface area contributed by atoms with E-state index in [0.717, 1.165) is 24.9 Å². The molecule has 1 rings (SSSR count). The first-order valence-corrected chi connectivity index (χ1v) is 6.02. The lowest BCUT2D eigenvalue weighted by Crippen LogP contribution is -2.44. The Morgan fingerprint density at radius 3 is 2.33 bits per heavy atom. The van der Waals surface area contributed by atoms with E-state index in [0.29, 0.717) is 0 Å². The maximum absolute atomic E-state index is 11.7. The number of rotatable bonds is 2. The van der Waals surface area contributed by atoms with Gasteiger partial charge >= 0.3 is 6.03 Å². The number of nitrogens with zero attached hydrogens (tertiary/aromatic N) is 2. The van der Waals surface area contributed by atoms with Crippen molar-refractivity contribution >= 4 is 6.03 Å². The molecule has 0 saturated carbocycles. The van der Waals surface area contributed by atoms with Gasteiger partial charge in [-0.05, 0) is 24.7 Å². The van der Waals surface area contributed by atoms with Crippen LogP contribution in [0.3, 0.4) is 0 Å². The van der Waals surface area contributed by atoms with Gasteiger partial charge in [-0.2, -0.15) is 0 Å². The Morgan fingerprint density at radius 2 is 1.93 bits per heavy atom. The number of likely N-dealkylation sites (tertiary alicyclic amines) is 1. The Balaban J connectivity index is 2.39. The van der Waals surface area contributed by atoms with Crippen LogP contribution in [0.25, 0.3) is 0 Å². The summed E-state index contributed by atoms with van der Waals surface area (Å²) in [5.74, 6) is 1.63. The van der Waals surface area contributed by atoms with Gasteiger partial charge in [0.05, 0.1) is 0 Å². The summed E-state index contributed by atoms with van der Waals surface area (Å²) in [4.78, 5) is 15.3. The quantitative estimate of drug-likeness (QED) is 0.689. The zero-order valence-corrected chi connectivity index (χ0v) is 10.5. The van der Waals surface area contributed by atoms with Crippen LogP contribution in [0.4, 0.5) is 4.79 Å². The van der Waals surface area contributed by atoms with Crippen LogP contribution < -0.4 is 0 Å². The number of hydrogen-bond donors (Lipinski definition) is 0. The Morgan fingerprint density at radius 1 is 1.40 bits per heavy atom. The van der Waals surface area contributed by atoms with Crippen LogP contribution >= 0.6 is 0 Å². The third-order valence-electron chi connectivity index (χ3n) is 3.64. The molecular formula is C12H24N2O. The van der Waals surface area contributed by atoms with E-state index in [1.807, 2.05) is 19.0 Å². The van der Waals surface area contributed by atoms with Gasteiger partial charge < -0.3 is 9.80 Å². The fourth-order valence-electron chi connectivity index (χ4n) is 2.28. The van der Waals surface area contributed by atoms with Crippen LogP contribution in [0.1, 0.15) is 33.1 Å². The molecule has 2 amide bonds. The SMILES string of the molecule is CCC(C)C1CCN(C(=O)N(C)C)CC1. The molecule has 1 saturated heterocycles. The van der Waals surface area contributed by atoms with E-state index in [1.54, 1.807) is 4.90 Å². The molecule has 0 aliphatic carbocycles. The van der Waals surface area contributed by atoms with Crippen molar-refractivity contribution < 1.29 is 4.79 Å². The van der Waals surface area contributed by atoms with Crippen molar-refractivity contribution in [2.24, 2.45) is 11.8 Å². The molecule has 0 spiro atoms. The number of carbonyl (C=O) groups is 1. The molecule has 0 radical (unpaired) electrons. The van der Waals surface area contributed by atoms with Crippen molar-refractivity contribution in [2.75, 3.05) is 27.2 Å². The molecule has 0 aromatic rings. The van der Waals surface area contributed by atoms with E-state index in [4.69, 9.17) is 0 Å². The Labute approximate surface area is 93.4 Å². The standard InChI is InChI=1S/C12H24N2O/c1-5-10(2)11-6-8-14(9-7-11)12(15)13(3)4/h10-11H,5-9H2,1-4H3. The second kappa shape index (κ2) is 5.38. The first-order chi connectivity index (χ1) is 7.06. The van der Waals surface area contributed by atoms with Gasteiger partial charge in [-0.25, -0.2) is 4.79 Å². The van der Waals surface area contributed by atoms with E-state index in [2.05, 4.69) is 13.8 Å². The zero-order valence-electron chi connectivity index (χ0n) is 10.5. The summed E-state index contributed by atoms with van der Waals surface area (Å²) in [5.41, 5.74) is 0. The summed E-state index contributed by atoms with van der Waals surface area (Å²) in [5, 5.41) is 0. The lowest BCUT2D eigenvalue weighted by atomic mass is 9.84. The minimum atomic E-state index is 0.164. The topological polar surface area (TPSA) is 23.6 Å². The summed E-state index contributed by atoms with van der Waals surface area (Å²) in [6.45, 7) is 6.45. The number of piperidine rings is 1. The second-order valence-electron chi connectivity index (χ2n) is 4.89. The van der Waals surface area contributed by atoms with Crippen molar-refractivity contribution in [1.82, 2.24) is 9.80 Å². The third-order valence-corrected chi connectivity index (χ3v) is 3.64. The van der Waals surface area contributed by atoms with Crippen LogP contribution in [0.2, 0.25) is 0 Å². The molecule has 0 bridgehead atoms. The average Bonchev–Trinajstić information content (AvgIpc) is 2.27. The molecule has 1 heterocycles. The summed E-state index contributed by atoms with van der Waals surface area (Å²) in [7, 11) is 3.65. The van der Waals surface area contributed by atoms with Crippen molar-refractivity contribution in [2.45, 2.75) is 33.1 Å². The smallest absolute Gasteiger partial charge is 0.319 e. The van der Waals surface area contributed by atoms with Gasteiger partial charge in [-0.1, -0.05) is 20.3 Å². The molecule has 0 aromatic carbocycles. The first-order valence-electron chi connectivity index (χ1n) is 6.02. The highest BCUT2D eigenvalue weighted by Gasteiger charge is 2.25. The monoisotopic (exact) mass is 212 g/mol. The minimum absolute atomic E-state index is 0.164. The van der Waals surface area contributed by atoms with E-state index < -0.39 is 0 Å². The first kappa shape index (κ1) is 12.3. The lowest BCUT2D eigenvalue weighted by molar-refractivity contribution is 0.133. The van der Waals surface area contributed by atoms with Gasteiger partial charge in [0, 0.05) is 27.2 Å². The van der Waals surface area contributed by atoms with E-state index in [9.17, 15) is 4.79 Å². The van der Waals surface area contributed by atoms with Gasteiger partial charge in [-0.3, -0.25) is 0 Å². The van der Waals surface area contributed by atoms with Gasteiger partial charge in [0.15, 0.2) is 0 Å². The number of carbonyl (C=O) groups excluding carboxylic acids is 1. The van der Waals surface area contributed by atoms with Gasteiger partial charge in [0.2, 0.25) is 0 Å². The van der Waals surface area contributed by atoms with Crippen LogP contribution in [0.15, 0.2) is 0 Å². The maximum atomic E-state index is 11.7. The largest absolute Gasteiger partial charge is 0.331 e.